The minimum absolute atomic E-state index is 0.149. The van der Waals surface area contributed by atoms with Gasteiger partial charge in [-0.25, -0.2) is 62.5 Å². The summed E-state index contributed by atoms with van der Waals surface area (Å²) in [5.41, 5.74) is 16.3. The second-order valence-corrected chi connectivity index (χ2v) is 38.2. The molecule has 3 aromatic heterocycles. The van der Waals surface area contributed by atoms with Crippen molar-refractivity contribution in [3.8, 4) is 44.5 Å². The number of H-pyrrole nitrogens is 2. The fourth-order valence-corrected chi connectivity index (χ4v) is 22.3. The van der Waals surface area contributed by atoms with E-state index in [9.17, 15) is 0 Å². The highest BCUT2D eigenvalue weighted by Crippen LogP contribution is 2.46. The maximum atomic E-state index is 15.1. The van der Waals surface area contributed by atoms with E-state index in [2.05, 4.69) is 112 Å². The van der Waals surface area contributed by atoms with Crippen LogP contribution in [-0.2, 0) is 40.1 Å². The molecule has 4 aromatic carbocycles. The summed E-state index contributed by atoms with van der Waals surface area (Å²) < 4.78 is 136. The Bertz CT molecular complexity index is 4730. The van der Waals surface area contributed by atoms with E-state index < -0.39 is 40.1 Å². The number of nitrogens with zero attached hydrogens (tertiary/aromatic N) is 6. The summed E-state index contributed by atoms with van der Waals surface area (Å²) in [6.07, 6.45) is 7.70. The Kier molecular flexibility index (Phi) is 25.7. The molecule has 24 heteroatoms. The molecule has 0 unspecified atom stereocenters. The van der Waals surface area contributed by atoms with Crippen LogP contribution in [-0.4, -0.2) is 204 Å². The van der Waals surface area contributed by atoms with E-state index in [1.807, 2.05) is 156 Å². The molecule has 0 amide bonds. The number of rotatable bonds is 32. The minimum atomic E-state index is -4.16. The SMILES string of the molecule is CC[N+](C)(CC)CCNS(=O)(=O)c1c(C)cc(C)c(-c2c3nc(c(-c4c(C)cc(C)c(S(=O)(=O)NCC[N+](C)(CC)CC)c4C)c4ccc([nH]4)c(-c4c(C)cc(C)c(S(=O)(=O)NCC[N+](C)(CC)CC)c4C)c4nc(c(-c5c(C)cc(C)c(S(=O)(=O)NCC[N+](C)(CC)CC)c5C)c5ccc2[nH]5)C=C4)C=C3)c1C. The Balaban J connectivity index is 1.50. The largest absolute Gasteiger partial charge is 0.354 e. The molecule has 2 aliphatic rings. The number of aromatic amines is 2. The summed E-state index contributed by atoms with van der Waals surface area (Å²) in [5.74, 6) is 0. The molecule has 2 aliphatic heterocycles. The zero-order valence-corrected chi connectivity index (χ0v) is 72.1. The third-order valence-corrected chi connectivity index (χ3v) is 31.3. The molecule has 0 aliphatic carbocycles. The van der Waals surface area contributed by atoms with Gasteiger partial charge in [0, 0.05) is 44.3 Å². The van der Waals surface area contributed by atoms with Crippen LogP contribution in [0.4, 0.5) is 0 Å². The molecular formula is C84H122N12O8S4+4. The van der Waals surface area contributed by atoms with Crippen LogP contribution in [0.25, 0.3) is 90.9 Å². The molecular weight excluding hydrogens is 1430 g/mol. The molecule has 0 fully saturated rings. The van der Waals surface area contributed by atoms with Crippen LogP contribution in [0.2, 0.25) is 0 Å². The summed E-state index contributed by atoms with van der Waals surface area (Å²) >= 11 is 0. The van der Waals surface area contributed by atoms with Crippen molar-refractivity contribution in [1.29, 1.82) is 0 Å². The number of benzene rings is 4. The van der Waals surface area contributed by atoms with Crippen LogP contribution in [0.5, 0.6) is 0 Å². The molecule has 0 atom stereocenters. The number of sulfonamides is 4. The van der Waals surface area contributed by atoms with Gasteiger partial charge in [-0.05, 0) is 276 Å². The third-order valence-electron chi connectivity index (χ3n) is 24.3. The number of nitrogens with one attached hydrogen (secondary N) is 6. The van der Waals surface area contributed by atoms with Gasteiger partial charge in [-0.2, -0.15) is 0 Å². The Morgan fingerprint density at radius 3 is 0.630 bits per heavy atom. The highest BCUT2D eigenvalue weighted by molar-refractivity contribution is 7.90. The molecule has 0 saturated heterocycles. The monoisotopic (exact) mass is 1550 g/mol. The number of likely N-dealkylation sites (N-methyl/N-ethyl adjacent to an activating group) is 4. The van der Waals surface area contributed by atoms with Gasteiger partial charge >= 0.3 is 0 Å². The van der Waals surface area contributed by atoms with Gasteiger partial charge in [0.25, 0.3) is 0 Å². The van der Waals surface area contributed by atoms with E-state index in [0.29, 0.717) is 178 Å². The lowest BCUT2D eigenvalue weighted by Crippen LogP contribution is -2.48. The standard InChI is InChI=1S/C84H122N12O8S4/c1-25-93(21,26-2)45-41-85-105(97,98)81-57(13)49-53(9)73(61(81)17)77-65-33-35-67(89-65)78(74-54(10)50-58(14)82(62(74)18)106(99,100)86-42-46-94(22,27-3)28-4)69-37-39-71(91-69)80(76-56(12)52-60(16)84(64(76)20)108(103,104)88-44-48-96(24,31-7)32-8)72-40-38-70(92-72)79(68-36-34-66(77)90-68)75-55(11)51-59(15)83(63(75)19)107(101,102)87-43-47-95(23,29-5)30-6/h33-40,49-52,85-89,92H,25-32,41-48H2,1-24H3/q+4. The molecule has 0 radical (unpaired) electrons. The van der Waals surface area contributed by atoms with Crippen LogP contribution in [0.15, 0.2) is 68.1 Å². The van der Waals surface area contributed by atoms with E-state index in [1.165, 1.54) is 0 Å². The van der Waals surface area contributed by atoms with E-state index in [4.69, 9.17) is 9.97 Å². The number of hydrogen-bond acceptors (Lipinski definition) is 10. The number of aromatic nitrogens is 4. The highest BCUT2D eigenvalue weighted by Gasteiger charge is 2.34. The lowest BCUT2D eigenvalue weighted by molar-refractivity contribution is -0.904. The fourth-order valence-electron chi connectivity index (χ4n) is 16.4. The zero-order chi connectivity index (χ0) is 79.9. The summed E-state index contributed by atoms with van der Waals surface area (Å²) in [4.78, 5) is 19.7. The van der Waals surface area contributed by atoms with Gasteiger partial charge in [0.05, 0.1) is 175 Å². The number of aryl methyl sites for hydroxylation is 8. The second-order valence-electron chi connectivity index (χ2n) is 31.4. The summed E-state index contributed by atoms with van der Waals surface area (Å²) in [6.45, 7) is 49.2. The smallest absolute Gasteiger partial charge is 0.241 e. The fraction of sp³-hybridized carbons (Fsp3) is 0.476. The Morgan fingerprint density at radius 1 is 0.287 bits per heavy atom. The first-order chi connectivity index (χ1) is 50.5. The third kappa shape index (κ3) is 16.9. The van der Waals surface area contributed by atoms with Crippen molar-refractivity contribution < 1.29 is 51.6 Å². The molecule has 9 rings (SSSR count). The number of hydrogen-bond donors (Lipinski definition) is 6. The van der Waals surface area contributed by atoms with E-state index in [0.717, 1.165) is 74.6 Å². The van der Waals surface area contributed by atoms with Crippen LogP contribution in [0.3, 0.4) is 0 Å². The van der Waals surface area contributed by atoms with Crippen LogP contribution in [0, 0.1) is 83.1 Å². The van der Waals surface area contributed by atoms with E-state index in [-0.39, 0.29) is 45.8 Å². The summed E-state index contributed by atoms with van der Waals surface area (Å²) in [7, 11) is -8.15. The lowest BCUT2D eigenvalue weighted by atomic mass is 9.92. The Hall–Kier alpha value is -7.04. The molecule has 108 heavy (non-hydrogen) atoms. The van der Waals surface area contributed by atoms with Crippen LogP contribution < -0.4 is 18.9 Å². The first-order valence-corrected chi connectivity index (χ1v) is 44.4. The maximum absolute atomic E-state index is 15.1. The van der Waals surface area contributed by atoms with Crippen molar-refractivity contribution >= 4 is 86.5 Å². The quantitative estimate of drug-likeness (QED) is 0.0218. The molecule has 0 saturated carbocycles. The van der Waals surface area contributed by atoms with Crippen molar-refractivity contribution in [1.82, 2.24) is 38.8 Å². The van der Waals surface area contributed by atoms with Crippen molar-refractivity contribution in [2.24, 2.45) is 0 Å². The number of quaternary nitrogens is 4. The predicted octanol–water partition coefficient (Wildman–Crippen LogP) is 14.1. The minimum Gasteiger partial charge on any atom is -0.354 e. The van der Waals surface area contributed by atoms with Crippen molar-refractivity contribution in [2.45, 2.75) is 158 Å². The van der Waals surface area contributed by atoms with Crippen molar-refractivity contribution in [2.75, 3.05) is 133 Å². The topological polar surface area (TPSA) is 242 Å². The predicted molar refractivity (Wildman–Crippen MR) is 447 cm³/mol. The van der Waals surface area contributed by atoms with Gasteiger partial charge in [-0.3, -0.25) is 0 Å². The Labute approximate surface area is 646 Å². The van der Waals surface area contributed by atoms with Gasteiger partial charge in [-0.1, -0.05) is 24.3 Å². The average molecular weight is 1560 g/mol. The molecule has 7 aromatic rings. The zero-order valence-electron chi connectivity index (χ0n) is 68.8. The highest BCUT2D eigenvalue weighted by atomic mass is 32.2. The van der Waals surface area contributed by atoms with Gasteiger partial charge in [0.15, 0.2) is 0 Å². The van der Waals surface area contributed by atoms with Gasteiger partial charge in [-0.15, -0.1) is 0 Å². The molecule has 5 heterocycles. The maximum Gasteiger partial charge on any atom is 0.241 e. The molecule has 8 bridgehead atoms. The van der Waals surface area contributed by atoms with Crippen LogP contribution in [0.1, 0.15) is 145 Å². The summed E-state index contributed by atoms with van der Waals surface area (Å²) in [6, 6.07) is 15.4. The molecule has 0 spiro atoms. The molecule has 20 nitrogen and oxygen atoms in total. The van der Waals surface area contributed by atoms with Crippen molar-refractivity contribution in [3.05, 3.63) is 138 Å². The molecule has 586 valence electrons. The van der Waals surface area contributed by atoms with E-state index >= 15 is 33.7 Å². The van der Waals surface area contributed by atoms with Gasteiger partial charge in [0.2, 0.25) is 40.1 Å². The van der Waals surface area contributed by atoms with Gasteiger partial charge < -0.3 is 27.9 Å². The average Bonchev–Trinajstić information content (AvgIpc) is 1.30. The first kappa shape index (κ1) is 85.0. The lowest BCUT2D eigenvalue weighted by Gasteiger charge is -2.32. The Morgan fingerprint density at radius 2 is 0.463 bits per heavy atom. The normalized spacial score (nSPS) is 13.4. The summed E-state index contributed by atoms with van der Waals surface area (Å²) in [5, 5.41) is 0. The van der Waals surface area contributed by atoms with Gasteiger partial charge in [0.1, 0.15) is 0 Å². The molecule has 6 N–H and O–H groups in total. The second kappa shape index (κ2) is 32.7. The number of fused-ring (bicyclic) bond motifs is 8. The van der Waals surface area contributed by atoms with E-state index in [1.54, 1.807) is 0 Å². The van der Waals surface area contributed by atoms with Crippen LogP contribution >= 0.6 is 0 Å². The first-order valence-electron chi connectivity index (χ1n) is 38.5. The van der Waals surface area contributed by atoms with Crippen molar-refractivity contribution in [3.63, 3.8) is 0 Å².